The van der Waals surface area contributed by atoms with Crippen LogP contribution in [0.4, 0.5) is 0 Å². The Kier molecular flexibility index (Phi) is 6.64. The minimum absolute atomic E-state index is 0.110. The van der Waals surface area contributed by atoms with Gasteiger partial charge in [-0.2, -0.15) is 0 Å². The second-order valence-corrected chi connectivity index (χ2v) is 7.57. The van der Waals surface area contributed by atoms with Crippen LogP contribution in [0.15, 0.2) is 47.4 Å². The number of aromatic nitrogens is 3. The summed E-state index contributed by atoms with van der Waals surface area (Å²) in [6.07, 6.45) is 1.58. The number of piperazine rings is 1. The van der Waals surface area contributed by atoms with Gasteiger partial charge in [0.15, 0.2) is 11.3 Å². The summed E-state index contributed by atoms with van der Waals surface area (Å²) in [5.74, 6) is 0.117. The van der Waals surface area contributed by atoms with Gasteiger partial charge in [0.25, 0.3) is 17.4 Å². The normalized spacial score (nSPS) is 13.9. The van der Waals surface area contributed by atoms with Crippen molar-refractivity contribution in [3.05, 3.63) is 64.2 Å². The molecule has 33 heavy (non-hydrogen) atoms. The van der Waals surface area contributed by atoms with E-state index in [2.05, 4.69) is 9.97 Å². The summed E-state index contributed by atoms with van der Waals surface area (Å²) in [5.41, 5.74) is 0.776. The van der Waals surface area contributed by atoms with Gasteiger partial charge in [-0.15, -0.1) is 0 Å². The Hall–Kier alpha value is -3.79. The molecule has 0 N–H and O–H groups in total. The number of hydrogen-bond donors (Lipinski definition) is 0. The van der Waals surface area contributed by atoms with E-state index in [4.69, 9.17) is 9.47 Å². The summed E-state index contributed by atoms with van der Waals surface area (Å²) < 4.78 is 11.7. The molecule has 0 bridgehead atoms. The number of methoxy groups -OCH3 is 2. The number of carbonyl (C=O) groups is 2. The number of hydrogen-bond acceptors (Lipinski definition) is 7. The summed E-state index contributed by atoms with van der Waals surface area (Å²) in [6, 6.07) is 10.3. The summed E-state index contributed by atoms with van der Waals surface area (Å²) >= 11 is 0. The second kappa shape index (κ2) is 9.78. The fraction of sp³-hybridized carbons (Fsp3) is 0.348. The van der Waals surface area contributed by atoms with Crippen molar-refractivity contribution in [2.24, 2.45) is 0 Å². The molecule has 3 heterocycles. The van der Waals surface area contributed by atoms with Gasteiger partial charge in [0.05, 0.1) is 20.3 Å². The van der Waals surface area contributed by atoms with Crippen molar-refractivity contribution >= 4 is 23.0 Å². The number of fused-ring (bicyclic) bond motifs is 1. The minimum atomic E-state index is -0.500. The van der Waals surface area contributed by atoms with Crippen LogP contribution in [-0.2, 0) is 11.3 Å². The summed E-state index contributed by atoms with van der Waals surface area (Å²) in [7, 11) is 3.11. The number of rotatable bonds is 6. The maximum absolute atomic E-state index is 13.2. The molecule has 1 saturated heterocycles. The molecule has 3 aromatic rings. The molecule has 4 rings (SSSR count). The molecule has 2 aromatic heterocycles. The van der Waals surface area contributed by atoms with Crippen LogP contribution in [-0.4, -0.2) is 83.2 Å². The Balaban J connectivity index is 1.51. The van der Waals surface area contributed by atoms with Crippen LogP contribution in [0, 0.1) is 0 Å². The van der Waals surface area contributed by atoms with Gasteiger partial charge in [-0.05, 0) is 36.4 Å². The minimum Gasteiger partial charge on any atom is -0.497 e. The number of amides is 2. The lowest BCUT2D eigenvalue weighted by molar-refractivity contribution is 0.0531. The highest BCUT2D eigenvalue weighted by atomic mass is 16.5. The lowest BCUT2D eigenvalue weighted by Crippen LogP contribution is -2.51. The van der Waals surface area contributed by atoms with Crippen molar-refractivity contribution in [2.75, 3.05) is 47.0 Å². The first-order chi connectivity index (χ1) is 16.0. The molecule has 0 atom stereocenters. The molecule has 10 nitrogen and oxygen atoms in total. The van der Waals surface area contributed by atoms with Crippen LogP contribution in [0.1, 0.15) is 20.8 Å². The van der Waals surface area contributed by atoms with E-state index in [1.54, 1.807) is 66.6 Å². The molecule has 0 unspecified atom stereocenters. The third kappa shape index (κ3) is 4.56. The van der Waals surface area contributed by atoms with E-state index in [9.17, 15) is 14.4 Å². The Bertz CT molecular complexity index is 1220. The quantitative estimate of drug-likeness (QED) is 0.551. The molecule has 2 amide bonds. The maximum Gasteiger partial charge on any atom is 0.283 e. The van der Waals surface area contributed by atoms with Crippen LogP contribution in [0.25, 0.3) is 11.2 Å². The summed E-state index contributed by atoms with van der Waals surface area (Å²) in [6.45, 7) is 1.91. The maximum atomic E-state index is 13.2. The van der Waals surface area contributed by atoms with E-state index in [-0.39, 0.29) is 18.1 Å². The Morgan fingerprint density at radius 3 is 2.27 bits per heavy atom. The molecule has 0 radical (unpaired) electrons. The van der Waals surface area contributed by atoms with Crippen LogP contribution in [0.2, 0.25) is 0 Å². The van der Waals surface area contributed by atoms with E-state index >= 15 is 0 Å². The number of nitrogens with zero attached hydrogens (tertiary/aromatic N) is 5. The second-order valence-electron chi connectivity index (χ2n) is 7.57. The number of benzene rings is 1. The molecule has 10 heteroatoms. The van der Waals surface area contributed by atoms with E-state index in [1.165, 1.54) is 4.57 Å². The molecular formula is C23H25N5O5. The molecule has 1 aliphatic heterocycles. The zero-order chi connectivity index (χ0) is 23.4. The Morgan fingerprint density at radius 2 is 1.64 bits per heavy atom. The largest absolute Gasteiger partial charge is 0.497 e. The summed E-state index contributed by atoms with van der Waals surface area (Å²) in [4.78, 5) is 50.9. The first-order valence-electron chi connectivity index (χ1n) is 10.6. The van der Waals surface area contributed by atoms with Gasteiger partial charge in [0.1, 0.15) is 11.3 Å². The van der Waals surface area contributed by atoms with Gasteiger partial charge in [-0.3, -0.25) is 19.0 Å². The van der Waals surface area contributed by atoms with Crippen molar-refractivity contribution in [1.82, 2.24) is 24.3 Å². The molecular weight excluding hydrogens is 426 g/mol. The number of ether oxygens (including phenoxy) is 2. The predicted molar refractivity (Wildman–Crippen MR) is 120 cm³/mol. The molecule has 172 valence electrons. The van der Waals surface area contributed by atoms with Gasteiger partial charge >= 0.3 is 0 Å². The Morgan fingerprint density at radius 1 is 0.970 bits per heavy atom. The third-order valence-corrected chi connectivity index (χ3v) is 5.61. The topological polar surface area (TPSA) is 107 Å². The molecule has 0 saturated carbocycles. The highest BCUT2D eigenvalue weighted by Crippen LogP contribution is 2.15. The zero-order valence-electron chi connectivity index (χ0n) is 18.6. The number of pyridine rings is 1. The first kappa shape index (κ1) is 22.4. The van der Waals surface area contributed by atoms with Crippen molar-refractivity contribution in [2.45, 2.75) is 6.54 Å². The van der Waals surface area contributed by atoms with Crippen molar-refractivity contribution in [1.29, 1.82) is 0 Å². The van der Waals surface area contributed by atoms with Crippen molar-refractivity contribution in [3.63, 3.8) is 0 Å². The summed E-state index contributed by atoms with van der Waals surface area (Å²) in [5, 5.41) is 0. The van der Waals surface area contributed by atoms with Crippen molar-refractivity contribution in [3.8, 4) is 5.75 Å². The van der Waals surface area contributed by atoms with Crippen LogP contribution < -0.4 is 10.3 Å². The highest BCUT2D eigenvalue weighted by Gasteiger charge is 2.28. The van der Waals surface area contributed by atoms with E-state index in [0.29, 0.717) is 55.3 Å². The molecule has 0 aliphatic carbocycles. The first-order valence-corrected chi connectivity index (χ1v) is 10.6. The van der Waals surface area contributed by atoms with Crippen molar-refractivity contribution < 1.29 is 19.1 Å². The predicted octanol–water partition coefficient (Wildman–Crippen LogP) is 1.04. The zero-order valence-corrected chi connectivity index (χ0v) is 18.6. The average molecular weight is 451 g/mol. The molecule has 1 fully saturated rings. The van der Waals surface area contributed by atoms with Gasteiger partial charge in [-0.1, -0.05) is 0 Å². The molecule has 1 aliphatic rings. The van der Waals surface area contributed by atoms with E-state index < -0.39 is 11.5 Å². The lowest BCUT2D eigenvalue weighted by atomic mass is 10.1. The molecule has 1 aromatic carbocycles. The van der Waals surface area contributed by atoms with Crippen LogP contribution in [0.3, 0.4) is 0 Å². The Labute approximate surface area is 190 Å². The molecule has 0 spiro atoms. The van der Waals surface area contributed by atoms with Gasteiger partial charge in [0, 0.05) is 45.0 Å². The third-order valence-electron chi connectivity index (χ3n) is 5.61. The standard InChI is InChI=1S/C23H25N5O5/c1-32-15-14-28-20-18(4-3-9-24-20)25-19(23(28)31)22(30)27-12-10-26(11-13-27)21(29)16-5-7-17(33-2)8-6-16/h3-9H,10-15H2,1-2H3. The van der Waals surface area contributed by atoms with E-state index in [1.807, 2.05) is 0 Å². The monoisotopic (exact) mass is 451 g/mol. The smallest absolute Gasteiger partial charge is 0.283 e. The SMILES string of the molecule is COCCn1c(=O)c(C(=O)N2CCN(C(=O)c3ccc(OC)cc3)CC2)nc2cccnc21. The fourth-order valence-corrected chi connectivity index (χ4v) is 3.78. The number of carbonyl (C=O) groups excluding carboxylic acids is 2. The van der Waals surface area contributed by atoms with Gasteiger partial charge in [0.2, 0.25) is 0 Å². The van der Waals surface area contributed by atoms with Gasteiger partial charge in [-0.25, -0.2) is 9.97 Å². The van der Waals surface area contributed by atoms with E-state index in [0.717, 1.165) is 0 Å². The lowest BCUT2D eigenvalue weighted by Gasteiger charge is -2.34. The van der Waals surface area contributed by atoms with Crippen LogP contribution >= 0.6 is 0 Å². The highest BCUT2D eigenvalue weighted by molar-refractivity contribution is 5.95. The van der Waals surface area contributed by atoms with Gasteiger partial charge < -0.3 is 19.3 Å². The van der Waals surface area contributed by atoms with Crippen LogP contribution in [0.5, 0.6) is 5.75 Å². The average Bonchev–Trinajstić information content (AvgIpc) is 2.87. The fourth-order valence-electron chi connectivity index (χ4n) is 3.78.